The average molecular weight is 273 g/mol. The molecule has 0 fully saturated rings. The summed E-state index contributed by atoms with van der Waals surface area (Å²) in [6.07, 6.45) is 1.68. The van der Waals surface area contributed by atoms with Gasteiger partial charge in [0.05, 0.1) is 17.7 Å². The van der Waals surface area contributed by atoms with Crippen LogP contribution in [0.25, 0.3) is 0 Å². The van der Waals surface area contributed by atoms with Crippen molar-refractivity contribution in [3.05, 3.63) is 47.8 Å². The van der Waals surface area contributed by atoms with Crippen LogP contribution in [0, 0.1) is 5.41 Å². The number of nitrogens with two attached hydrogens (primary N) is 1. The third-order valence-electron chi connectivity index (χ3n) is 4.16. The molecule has 1 aromatic carbocycles. The molecular weight excluding hydrogens is 254 g/mol. The van der Waals surface area contributed by atoms with Gasteiger partial charge in [0.25, 0.3) is 0 Å². The molecule has 0 aliphatic carbocycles. The van der Waals surface area contributed by atoms with Crippen LogP contribution < -0.4 is 10.5 Å². The molecule has 20 heavy (non-hydrogen) atoms. The third kappa shape index (κ3) is 1.99. The number of benzene rings is 1. The summed E-state index contributed by atoms with van der Waals surface area (Å²) in [4.78, 5) is 0. The van der Waals surface area contributed by atoms with Crippen molar-refractivity contribution in [3.8, 4) is 5.75 Å². The van der Waals surface area contributed by atoms with Crippen LogP contribution in [-0.4, -0.2) is 28.0 Å². The molecule has 2 heterocycles. The second kappa shape index (κ2) is 4.92. The van der Waals surface area contributed by atoms with Gasteiger partial charge >= 0.3 is 0 Å². The van der Waals surface area contributed by atoms with Crippen LogP contribution in [0.1, 0.15) is 17.4 Å². The molecule has 2 unspecified atom stereocenters. The minimum Gasteiger partial charge on any atom is -0.493 e. The van der Waals surface area contributed by atoms with Crippen LogP contribution >= 0.6 is 0 Å². The molecule has 5 nitrogen and oxygen atoms in total. The highest BCUT2D eigenvalue weighted by Crippen LogP contribution is 2.42. The number of ether oxygens (including phenoxy) is 1. The van der Waals surface area contributed by atoms with Gasteiger partial charge < -0.3 is 15.6 Å². The van der Waals surface area contributed by atoms with Crippen LogP contribution in [-0.2, 0) is 13.5 Å². The summed E-state index contributed by atoms with van der Waals surface area (Å²) < 4.78 is 7.50. The fourth-order valence-electron chi connectivity index (χ4n) is 2.83. The first-order chi connectivity index (χ1) is 9.66. The van der Waals surface area contributed by atoms with Crippen molar-refractivity contribution in [2.45, 2.75) is 12.5 Å². The smallest absolute Gasteiger partial charge is 0.122 e. The summed E-state index contributed by atoms with van der Waals surface area (Å²) in [6, 6.07) is 9.72. The van der Waals surface area contributed by atoms with Crippen LogP contribution in [0.5, 0.6) is 5.75 Å². The van der Waals surface area contributed by atoms with E-state index in [0.717, 1.165) is 17.0 Å². The molecule has 2 atom stereocenters. The van der Waals surface area contributed by atoms with E-state index in [4.69, 9.17) is 10.5 Å². The van der Waals surface area contributed by atoms with Crippen molar-refractivity contribution >= 4 is 0 Å². The maximum Gasteiger partial charge on any atom is 0.122 e. The molecule has 5 heteroatoms. The molecule has 0 spiro atoms. The molecule has 1 aliphatic rings. The van der Waals surface area contributed by atoms with E-state index in [1.165, 1.54) is 0 Å². The van der Waals surface area contributed by atoms with Crippen molar-refractivity contribution < 1.29 is 9.84 Å². The van der Waals surface area contributed by atoms with Gasteiger partial charge in [-0.3, -0.25) is 4.68 Å². The molecular formula is C15H19N3O2. The number of hydrogen-bond acceptors (Lipinski definition) is 4. The second-order valence-electron chi connectivity index (χ2n) is 5.42. The first-order valence-corrected chi connectivity index (χ1v) is 6.73. The van der Waals surface area contributed by atoms with Crippen LogP contribution in [0.2, 0.25) is 0 Å². The van der Waals surface area contributed by atoms with Crippen LogP contribution in [0.4, 0.5) is 0 Å². The van der Waals surface area contributed by atoms with Gasteiger partial charge in [0.1, 0.15) is 11.9 Å². The summed E-state index contributed by atoms with van der Waals surface area (Å²) in [7, 11) is 1.82. The first kappa shape index (κ1) is 13.1. The molecule has 0 amide bonds. The van der Waals surface area contributed by atoms with E-state index in [-0.39, 0.29) is 0 Å². The molecule has 2 aromatic rings. The molecule has 1 aliphatic heterocycles. The number of rotatable bonds is 3. The maximum atomic E-state index is 10.8. The number of aromatic nitrogens is 2. The molecule has 0 bridgehead atoms. The second-order valence-corrected chi connectivity index (χ2v) is 5.42. The number of hydrogen-bond donors (Lipinski definition) is 2. The Morgan fingerprint density at radius 1 is 1.45 bits per heavy atom. The Morgan fingerprint density at radius 2 is 2.25 bits per heavy atom. The molecule has 1 aromatic heterocycles. The molecule has 3 rings (SSSR count). The topological polar surface area (TPSA) is 73.3 Å². The Morgan fingerprint density at radius 3 is 2.95 bits per heavy atom. The maximum absolute atomic E-state index is 10.8. The van der Waals surface area contributed by atoms with E-state index in [1.54, 1.807) is 10.9 Å². The van der Waals surface area contributed by atoms with Gasteiger partial charge in [0.2, 0.25) is 0 Å². The lowest BCUT2D eigenvalue weighted by Gasteiger charge is -2.40. The summed E-state index contributed by atoms with van der Waals surface area (Å²) in [5, 5.41) is 14.9. The van der Waals surface area contributed by atoms with Crippen LogP contribution in [0.15, 0.2) is 36.5 Å². The zero-order valence-electron chi connectivity index (χ0n) is 11.5. The summed E-state index contributed by atoms with van der Waals surface area (Å²) in [6.45, 7) is 0.764. The van der Waals surface area contributed by atoms with Crippen molar-refractivity contribution in [1.29, 1.82) is 0 Å². The van der Waals surface area contributed by atoms with Crippen molar-refractivity contribution in [1.82, 2.24) is 9.78 Å². The van der Waals surface area contributed by atoms with E-state index >= 15 is 0 Å². The van der Waals surface area contributed by atoms with E-state index in [2.05, 4.69) is 5.10 Å². The zero-order chi connectivity index (χ0) is 14.2. The van der Waals surface area contributed by atoms with Crippen molar-refractivity contribution in [2.75, 3.05) is 13.2 Å². The van der Waals surface area contributed by atoms with E-state index < -0.39 is 11.5 Å². The predicted molar refractivity (Wildman–Crippen MR) is 75.3 cm³/mol. The van der Waals surface area contributed by atoms with Crippen molar-refractivity contribution in [3.63, 3.8) is 0 Å². The highest BCUT2D eigenvalue weighted by atomic mass is 16.5. The van der Waals surface area contributed by atoms with E-state index in [0.29, 0.717) is 19.6 Å². The fourth-order valence-corrected chi connectivity index (χ4v) is 2.83. The molecule has 106 valence electrons. The molecule has 0 saturated heterocycles. The fraction of sp³-hybridized carbons (Fsp3) is 0.400. The monoisotopic (exact) mass is 273 g/mol. The summed E-state index contributed by atoms with van der Waals surface area (Å²) in [5.74, 6) is 0.883. The van der Waals surface area contributed by atoms with Gasteiger partial charge in [0.15, 0.2) is 0 Å². The highest BCUT2D eigenvalue weighted by Gasteiger charge is 2.43. The normalized spacial score (nSPS) is 22.9. The summed E-state index contributed by atoms with van der Waals surface area (Å²) in [5.41, 5.74) is 7.32. The number of fused-ring (bicyclic) bond motifs is 1. The average Bonchev–Trinajstić information content (AvgIpc) is 2.92. The van der Waals surface area contributed by atoms with Gasteiger partial charge in [-0.2, -0.15) is 5.10 Å². The van der Waals surface area contributed by atoms with Gasteiger partial charge in [-0.05, 0) is 24.1 Å². The number of aryl methyl sites for hydroxylation is 1. The highest BCUT2D eigenvalue weighted by molar-refractivity contribution is 5.37. The number of nitrogens with zero attached hydrogens (tertiary/aromatic N) is 2. The Kier molecular flexibility index (Phi) is 3.23. The third-order valence-corrected chi connectivity index (χ3v) is 4.16. The summed E-state index contributed by atoms with van der Waals surface area (Å²) >= 11 is 0. The zero-order valence-corrected chi connectivity index (χ0v) is 11.5. The molecule has 0 saturated carbocycles. The number of para-hydroxylation sites is 1. The largest absolute Gasteiger partial charge is 0.493 e. The Balaban J connectivity index is 1.96. The van der Waals surface area contributed by atoms with Gasteiger partial charge in [-0.25, -0.2) is 0 Å². The Hall–Kier alpha value is -1.85. The number of aliphatic hydroxyl groups excluding tert-OH is 1. The van der Waals surface area contributed by atoms with Gasteiger partial charge in [-0.1, -0.05) is 18.2 Å². The van der Waals surface area contributed by atoms with E-state index in [9.17, 15) is 5.11 Å². The minimum absolute atomic E-state index is 0.355. The minimum atomic E-state index is -0.701. The lowest BCUT2D eigenvalue weighted by molar-refractivity contribution is -0.0205. The Labute approximate surface area is 118 Å². The predicted octanol–water partition coefficient (Wildman–Crippen LogP) is 1.03. The van der Waals surface area contributed by atoms with Crippen molar-refractivity contribution in [2.24, 2.45) is 18.2 Å². The lowest BCUT2D eigenvalue weighted by atomic mass is 9.74. The quantitative estimate of drug-likeness (QED) is 0.876. The SMILES string of the molecule is Cn1nccc1C(O)C1(CN)COc2ccccc2C1. The molecule has 3 N–H and O–H groups in total. The van der Waals surface area contributed by atoms with Crippen LogP contribution in [0.3, 0.4) is 0 Å². The first-order valence-electron chi connectivity index (χ1n) is 6.73. The lowest BCUT2D eigenvalue weighted by Crippen LogP contribution is -2.46. The molecule has 0 radical (unpaired) electrons. The standard InChI is InChI=1S/C15H19N3O2/c1-18-12(6-7-17-18)14(19)15(9-16)8-11-4-2-3-5-13(11)20-10-15/h2-7,14,19H,8-10,16H2,1H3. The van der Waals surface area contributed by atoms with Gasteiger partial charge in [0, 0.05) is 19.8 Å². The van der Waals surface area contributed by atoms with E-state index in [1.807, 2.05) is 37.4 Å². The number of aliphatic hydroxyl groups is 1. The Bertz CT molecular complexity index is 611. The van der Waals surface area contributed by atoms with Gasteiger partial charge in [-0.15, -0.1) is 0 Å².